The van der Waals surface area contributed by atoms with Gasteiger partial charge in [0.05, 0.1) is 5.92 Å². The Morgan fingerprint density at radius 2 is 1.81 bits per heavy atom. The van der Waals surface area contributed by atoms with Gasteiger partial charge >= 0.3 is 12.0 Å². The van der Waals surface area contributed by atoms with Crippen molar-refractivity contribution in [1.29, 1.82) is 0 Å². The van der Waals surface area contributed by atoms with Gasteiger partial charge in [-0.25, -0.2) is 4.79 Å². The molecule has 1 rings (SSSR count). The van der Waals surface area contributed by atoms with Gasteiger partial charge < -0.3 is 21.1 Å². The highest BCUT2D eigenvalue weighted by Gasteiger charge is 2.27. The van der Waals surface area contributed by atoms with Crippen molar-refractivity contribution in [3.05, 3.63) is 0 Å². The number of carboxylic acid groups (broad SMARTS) is 1. The van der Waals surface area contributed by atoms with E-state index in [-0.39, 0.29) is 24.5 Å². The van der Waals surface area contributed by atoms with Gasteiger partial charge in [0.25, 0.3) is 0 Å². The Labute approximate surface area is 124 Å². The average molecular weight is 299 g/mol. The van der Waals surface area contributed by atoms with E-state index in [0.717, 1.165) is 12.8 Å². The molecular formula is C14H25N3O4. The molecule has 1 aliphatic carbocycles. The van der Waals surface area contributed by atoms with Crippen LogP contribution >= 0.6 is 0 Å². The first kappa shape index (κ1) is 17.3. The first-order valence-electron chi connectivity index (χ1n) is 7.36. The molecule has 0 spiro atoms. The van der Waals surface area contributed by atoms with E-state index < -0.39 is 11.9 Å². The van der Waals surface area contributed by atoms with Crippen LogP contribution in [0.15, 0.2) is 0 Å². The highest BCUT2D eigenvalue weighted by atomic mass is 16.4. The topological polar surface area (TPSA) is 113 Å². The number of nitrogens with zero attached hydrogens (tertiary/aromatic N) is 1. The van der Waals surface area contributed by atoms with E-state index in [9.17, 15) is 14.4 Å². The first-order valence-corrected chi connectivity index (χ1v) is 7.36. The fraction of sp³-hybridized carbons (Fsp3) is 0.786. The number of nitrogens with two attached hydrogens (primary N) is 1. The van der Waals surface area contributed by atoms with E-state index in [4.69, 9.17) is 10.8 Å². The van der Waals surface area contributed by atoms with E-state index in [1.54, 1.807) is 0 Å². The van der Waals surface area contributed by atoms with Crippen molar-refractivity contribution in [2.75, 3.05) is 13.1 Å². The number of primary amides is 1. The number of rotatable bonds is 6. The lowest BCUT2D eigenvalue weighted by Crippen LogP contribution is -2.49. The number of aliphatic carboxylic acids is 1. The van der Waals surface area contributed by atoms with Gasteiger partial charge in [-0.2, -0.15) is 0 Å². The normalized spacial score (nSPS) is 21.9. The monoisotopic (exact) mass is 299 g/mol. The smallest absolute Gasteiger partial charge is 0.318 e. The van der Waals surface area contributed by atoms with Crippen LogP contribution in [-0.4, -0.2) is 47.0 Å². The molecule has 0 aliphatic heterocycles. The quantitative estimate of drug-likeness (QED) is 0.672. The molecule has 0 bridgehead atoms. The maximum Gasteiger partial charge on any atom is 0.318 e. The molecule has 1 saturated carbocycles. The molecule has 21 heavy (non-hydrogen) atoms. The molecule has 0 heterocycles. The average Bonchev–Trinajstić information content (AvgIpc) is 2.42. The van der Waals surface area contributed by atoms with Crippen molar-refractivity contribution in [3.8, 4) is 0 Å². The lowest BCUT2D eigenvalue weighted by molar-refractivity contribution is -0.143. The third kappa shape index (κ3) is 5.61. The molecule has 0 aromatic rings. The van der Waals surface area contributed by atoms with Gasteiger partial charge in [-0.3, -0.25) is 9.59 Å². The molecule has 120 valence electrons. The van der Waals surface area contributed by atoms with Crippen LogP contribution < -0.4 is 11.1 Å². The second-order valence-electron chi connectivity index (χ2n) is 5.93. The predicted molar refractivity (Wildman–Crippen MR) is 77.5 cm³/mol. The van der Waals surface area contributed by atoms with Gasteiger partial charge in [0.2, 0.25) is 5.91 Å². The van der Waals surface area contributed by atoms with E-state index in [2.05, 4.69) is 5.32 Å². The summed E-state index contributed by atoms with van der Waals surface area (Å²) in [6, 6.07) is -0.413. The van der Waals surface area contributed by atoms with E-state index in [1.807, 2.05) is 13.8 Å². The van der Waals surface area contributed by atoms with Crippen molar-refractivity contribution >= 4 is 17.9 Å². The van der Waals surface area contributed by atoms with Crippen molar-refractivity contribution in [2.45, 2.75) is 45.6 Å². The van der Waals surface area contributed by atoms with Crippen LogP contribution in [0.5, 0.6) is 0 Å². The van der Waals surface area contributed by atoms with Crippen molar-refractivity contribution < 1.29 is 19.5 Å². The molecule has 1 fully saturated rings. The number of nitrogens with one attached hydrogen (secondary N) is 1. The number of amides is 3. The summed E-state index contributed by atoms with van der Waals surface area (Å²) in [5.41, 5.74) is 5.14. The number of hydrogen-bond acceptors (Lipinski definition) is 3. The largest absolute Gasteiger partial charge is 0.481 e. The van der Waals surface area contributed by atoms with Crippen LogP contribution in [0.3, 0.4) is 0 Å². The molecule has 0 aromatic carbocycles. The number of carbonyl (C=O) groups excluding carboxylic acids is 2. The second kappa shape index (κ2) is 7.85. The summed E-state index contributed by atoms with van der Waals surface area (Å²) in [4.78, 5) is 35.3. The summed E-state index contributed by atoms with van der Waals surface area (Å²) in [5.74, 6) is -1.23. The molecule has 0 atom stereocenters. The molecule has 7 heteroatoms. The third-order valence-corrected chi connectivity index (χ3v) is 3.95. The molecule has 0 saturated heterocycles. The number of hydrogen-bond donors (Lipinski definition) is 3. The number of carbonyl (C=O) groups is 3. The highest BCUT2D eigenvalue weighted by Crippen LogP contribution is 2.28. The maximum atomic E-state index is 12.0. The molecule has 0 aromatic heterocycles. The molecule has 7 nitrogen and oxygen atoms in total. The Kier molecular flexibility index (Phi) is 6.45. The fourth-order valence-corrected chi connectivity index (χ4v) is 2.60. The number of carboxylic acids is 1. The van der Waals surface area contributed by atoms with Crippen LogP contribution in [0, 0.1) is 11.8 Å². The van der Waals surface area contributed by atoms with Crippen LogP contribution in [0.2, 0.25) is 0 Å². The maximum absolute atomic E-state index is 12.0. The van der Waals surface area contributed by atoms with Crippen molar-refractivity contribution in [2.24, 2.45) is 17.6 Å². The van der Waals surface area contributed by atoms with Crippen molar-refractivity contribution in [1.82, 2.24) is 10.2 Å². The zero-order valence-corrected chi connectivity index (χ0v) is 12.7. The Bertz CT molecular complexity index is 390. The molecule has 4 N–H and O–H groups in total. The van der Waals surface area contributed by atoms with Crippen LogP contribution in [0.1, 0.15) is 39.5 Å². The van der Waals surface area contributed by atoms with Crippen LogP contribution in [0.4, 0.5) is 4.79 Å². The van der Waals surface area contributed by atoms with Crippen molar-refractivity contribution in [3.63, 3.8) is 0 Å². The Morgan fingerprint density at radius 1 is 1.24 bits per heavy atom. The Balaban J connectivity index is 2.38. The van der Waals surface area contributed by atoms with Gasteiger partial charge in [0.15, 0.2) is 0 Å². The Hall–Kier alpha value is -1.79. The van der Waals surface area contributed by atoms with Gasteiger partial charge in [-0.1, -0.05) is 0 Å². The minimum atomic E-state index is -0.732. The number of urea groups is 1. The fourth-order valence-electron chi connectivity index (χ4n) is 2.60. The molecule has 1 aliphatic rings. The minimum absolute atomic E-state index is 0.102. The predicted octanol–water partition coefficient (Wildman–Crippen LogP) is 0.783. The highest BCUT2D eigenvalue weighted by molar-refractivity contribution is 5.83. The van der Waals surface area contributed by atoms with E-state index >= 15 is 0 Å². The van der Waals surface area contributed by atoms with E-state index in [1.165, 1.54) is 4.90 Å². The van der Waals surface area contributed by atoms with E-state index in [0.29, 0.717) is 25.3 Å². The molecule has 0 radical (unpaired) electrons. The zero-order valence-electron chi connectivity index (χ0n) is 12.7. The van der Waals surface area contributed by atoms with Gasteiger partial charge in [-0.05, 0) is 45.4 Å². The standard InChI is InChI=1S/C14H25N3O4/c1-9(2)17(8-12(15)18)14(21)16-7-10-3-5-11(6-4-10)13(19)20/h9-11H,3-8H2,1-2H3,(H2,15,18)(H,16,21)(H,19,20). The van der Waals surface area contributed by atoms with Gasteiger partial charge in [0.1, 0.15) is 6.54 Å². The molecule has 3 amide bonds. The molecular weight excluding hydrogens is 274 g/mol. The minimum Gasteiger partial charge on any atom is -0.481 e. The summed E-state index contributed by atoms with van der Waals surface area (Å²) in [7, 11) is 0. The lowest BCUT2D eigenvalue weighted by atomic mass is 9.82. The van der Waals surface area contributed by atoms with Crippen LogP contribution in [0.25, 0.3) is 0 Å². The third-order valence-electron chi connectivity index (χ3n) is 3.95. The summed E-state index contributed by atoms with van der Waals surface area (Å²) < 4.78 is 0. The summed E-state index contributed by atoms with van der Waals surface area (Å²) in [6.07, 6.45) is 2.92. The van der Waals surface area contributed by atoms with Crippen LogP contribution in [-0.2, 0) is 9.59 Å². The first-order chi connectivity index (χ1) is 9.81. The summed E-state index contributed by atoms with van der Waals surface area (Å²) in [6.45, 7) is 4.05. The summed E-state index contributed by atoms with van der Waals surface area (Å²) >= 11 is 0. The summed E-state index contributed by atoms with van der Waals surface area (Å²) in [5, 5.41) is 11.8. The SMILES string of the molecule is CC(C)N(CC(N)=O)C(=O)NCC1CCC(C(=O)O)CC1. The molecule has 0 unspecified atom stereocenters. The Morgan fingerprint density at radius 3 is 2.24 bits per heavy atom. The second-order valence-corrected chi connectivity index (χ2v) is 5.93. The van der Waals surface area contributed by atoms with Gasteiger partial charge in [0, 0.05) is 12.6 Å². The zero-order chi connectivity index (χ0) is 16.0. The lowest BCUT2D eigenvalue weighted by Gasteiger charge is -2.29. The van der Waals surface area contributed by atoms with Gasteiger partial charge in [-0.15, -0.1) is 0 Å².